The minimum atomic E-state index is 0.938. The van der Waals surface area contributed by atoms with E-state index in [0.29, 0.717) is 0 Å². The van der Waals surface area contributed by atoms with Gasteiger partial charge >= 0.3 is 0 Å². The minimum absolute atomic E-state index is 0.938. The summed E-state index contributed by atoms with van der Waals surface area (Å²) in [5.41, 5.74) is 2.33. The Labute approximate surface area is 56.2 Å². The van der Waals surface area contributed by atoms with Gasteiger partial charge in [0.15, 0.2) is 5.70 Å². The highest BCUT2D eigenvalue weighted by molar-refractivity contribution is 5.19. The molecule has 0 heterocycles. The second-order valence-corrected chi connectivity index (χ2v) is 2.51. The zero-order chi connectivity index (χ0) is 6.69. The van der Waals surface area contributed by atoms with Crippen molar-refractivity contribution in [3.63, 3.8) is 0 Å². The van der Waals surface area contributed by atoms with Gasteiger partial charge in [-0.1, -0.05) is 18.4 Å². The highest BCUT2D eigenvalue weighted by atomic mass is 14.6. The van der Waals surface area contributed by atoms with Gasteiger partial charge in [-0.2, -0.15) is 0 Å². The van der Waals surface area contributed by atoms with Gasteiger partial charge in [0, 0.05) is 0 Å². The average Bonchev–Trinajstić information content (AvgIpc) is 2.37. The summed E-state index contributed by atoms with van der Waals surface area (Å²) >= 11 is 0. The standard InChI is InChI=1S/C8H11N/c1-7(9-2)8-5-3-4-6-8/h3-6H2,1H3. The molecule has 1 heteroatoms. The Hall–Kier alpha value is -0.770. The third-order valence-corrected chi connectivity index (χ3v) is 1.89. The van der Waals surface area contributed by atoms with Crippen LogP contribution in [0.2, 0.25) is 0 Å². The molecule has 9 heavy (non-hydrogen) atoms. The van der Waals surface area contributed by atoms with E-state index in [4.69, 9.17) is 6.57 Å². The molecule has 1 nitrogen and oxygen atoms in total. The largest absolute Gasteiger partial charge is 0.243 e. The quantitative estimate of drug-likeness (QED) is 0.434. The molecular weight excluding hydrogens is 110 g/mol. The minimum Gasteiger partial charge on any atom is -0.243 e. The fourth-order valence-corrected chi connectivity index (χ4v) is 1.24. The Balaban J connectivity index is 2.70. The fraction of sp³-hybridized carbons (Fsp3) is 0.625. The first-order valence-corrected chi connectivity index (χ1v) is 3.40. The molecule has 48 valence electrons. The molecule has 0 atom stereocenters. The number of hydrogen-bond acceptors (Lipinski definition) is 0. The van der Waals surface area contributed by atoms with Gasteiger partial charge in [0.1, 0.15) is 0 Å². The first kappa shape index (κ1) is 6.35. The first-order chi connectivity index (χ1) is 4.34. The molecule has 0 unspecified atom stereocenters. The van der Waals surface area contributed by atoms with E-state index in [9.17, 15) is 0 Å². The van der Waals surface area contributed by atoms with Crippen molar-refractivity contribution in [1.29, 1.82) is 0 Å². The molecule has 0 aromatic heterocycles. The Morgan fingerprint density at radius 1 is 1.44 bits per heavy atom. The highest BCUT2D eigenvalue weighted by Gasteiger charge is 2.08. The van der Waals surface area contributed by atoms with Crippen molar-refractivity contribution in [2.75, 3.05) is 0 Å². The molecule has 0 aromatic carbocycles. The van der Waals surface area contributed by atoms with E-state index in [1.165, 1.54) is 31.3 Å². The number of rotatable bonds is 0. The molecule has 1 rings (SSSR count). The van der Waals surface area contributed by atoms with Gasteiger partial charge in [-0.25, -0.2) is 4.85 Å². The van der Waals surface area contributed by atoms with Crippen LogP contribution in [-0.4, -0.2) is 0 Å². The van der Waals surface area contributed by atoms with Crippen LogP contribution in [0.5, 0.6) is 0 Å². The van der Waals surface area contributed by atoms with Crippen molar-refractivity contribution < 1.29 is 0 Å². The molecule has 1 aliphatic rings. The Kier molecular flexibility index (Phi) is 1.89. The lowest BCUT2D eigenvalue weighted by atomic mass is 10.2. The third-order valence-electron chi connectivity index (χ3n) is 1.89. The van der Waals surface area contributed by atoms with Crippen molar-refractivity contribution in [2.45, 2.75) is 32.6 Å². The smallest absolute Gasteiger partial charge is 0.161 e. The SMILES string of the molecule is [C-]#[N+]C(C)=C1CCCC1. The van der Waals surface area contributed by atoms with E-state index in [-0.39, 0.29) is 0 Å². The van der Waals surface area contributed by atoms with Gasteiger partial charge in [0.05, 0.1) is 6.57 Å². The molecule has 0 radical (unpaired) electrons. The fourth-order valence-electron chi connectivity index (χ4n) is 1.24. The summed E-state index contributed by atoms with van der Waals surface area (Å²) in [7, 11) is 0. The molecule has 1 fully saturated rings. The zero-order valence-corrected chi connectivity index (χ0v) is 5.78. The maximum Gasteiger partial charge on any atom is 0.161 e. The van der Waals surface area contributed by atoms with Gasteiger partial charge < -0.3 is 0 Å². The molecule has 0 N–H and O–H groups in total. The summed E-state index contributed by atoms with van der Waals surface area (Å²) in [6, 6.07) is 0. The monoisotopic (exact) mass is 121 g/mol. The molecule has 0 aromatic rings. The van der Waals surface area contributed by atoms with Crippen molar-refractivity contribution >= 4 is 0 Å². The van der Waals surface area contributed by atoms with Crippen LogP contribution in [-0.2, 0) is 0 Å². The van der Waals surface area contributed by atoms with Gasteiger partial charge in [-0.15, -0.1) is 0 Å². The van der Waals surface area contributed by atoms with Crippen LogP contribution in [0.25, 0.3) is 4.85 Å². The van der Waals surface area contributed by atoms with Crippen LogP contribution < -0.4 is 0 Å². The zero-order valence-electron chi connectivity index (χ0n) is 5.78. The van der Waals surface area contributed by atoms with Gasteiger partial charge in [0.2, 0.25) is 0 Å². The average molecular weight is 121 g/mol. The summed E-state index contributed by atoms with van der Waals surface area (Å²) in [6.07, 6.45) is 4.94. The predicted molar refractivity (Wildman–Crippen MR) is 37.8 cm³/mol. The lowest BCUT2D eigenvalue weighted by Crippen LogP contribution is -1.74. The highest BCUT2D eigenvalue weighted by Crippen LogP contribution is 2.26. The maximum atomic E-state index is 6.74. The molecule has 0 bridgehead atoms. The summed E-state index contributed by atoms with van der Waals surface area (Å²) in [4.78, 5) is 3.40. The Bertz CT molecular complexity index is 163. The van der Waals surface area contributed by atoms with Crippen molar-refractivity contribution in [3.05, 3.63) is 22.7 Å². The number of nitrogens with zero attached hydrogens (tertiary/aromatic N) is 1. The van der Waals surface area contributed by atoms with Crippen LogP contribution >= 0.6 is 0 Å². The lowest BCUT2D eigenvalue weighted by molar-refractivity contribution is 0.886. The summed E-state index contributed by atoms with van der Waals surface area (Å²) < 4.78 is 0. The molecule has 1 aliphatic carbocycles. The van der Waals surface area contributed by atoms with E-state index in [0.717, 1.165) is 5.70 Å². The van der Waals surface area contributed by atoms with E-state index in [2.05, 4.69) is 4.85 Å². The van der Waals surface area contributed by atoms with Crippen molar-refractivity contribution in [1.82, 2.24) is 0 Å². The molecular formula is C8H11N. The second-order valence-electron chi connectivity index (χ2n) is 2.51. The van der Waals surface area contributed by atoms with Gasteiger partial charge in [-0.05, 0) is 19.8 Å². The van der Waals surface area contributed by atoms with Crippen molar-refractivity contribution in [2.24, 2.45) is 0 Å². The first-order valence-electron chi connectivity index (χ1n) is 3.40. The lowest BCUT2D eigenvalue weighted by Gasteiger charge is -1.92. The summed E-state index contributed by atoms with van der Waals surface area (Å²) in [6.45, 7) is 8.66. The second kappa shape index (κ2) is 2.68. The number of allylic oxidation sites excluding steroid dienone is 2. The van der Waals surface area contributed by atoms with E-state index >= 15 is 0 Å². The topological polar surface area (TPSA) is 4.36 Å². The third kappa shape index (κ3) is 1.32. The van der Waals surface area contributed by atoms with Crippen LogP contribution in [0.15, 0.2) is 11.3 Å². The van der Waals surface area contributed by atoms with E-state index in [1.807, 2.05) is 6.92 Å². The molecule has 0 aliphatic heterocycles. The normalized spacial score (nSPS) is 17.6. The molecule has 1 saturated carbocycles. The van der Waals surface area contributed by atoms with Gasteiger partial charge in [-0.3, -0.25) is 0 Å². The van der Waals surface area contributed by atoms with Crippen LogP contribution in [0.3, 0.4) is 0 Å². The summed E-state index contributed by atoms with van der Waals surface area (Å²) in [5, 5.41) is 0. The molecule has 0 saturated heterocycles. The molecule has 0 amide bonds. The van der Waals surface area contributed by atoms with E-state index < -0.39 is 0 Å². The summed E-state index contributed by atoms with van der Waals surface area (Å²) in [5.74, 6) is 0. The van der Waals surface area contributed by atoms with Crippen LogP contribution in [0.1, 0.15) is 32.6 Å². The number of hydrogen-bond donors (Lipinski definition) is 0. The maximum absolute atomic E-state index is 6.74. The van der Waals surface area contributed by atoms with Gasteiger partial charge in [0.25, 0.3) is 0 Å². The Morgan fingerprint density at radius 3 is 2.44 bits per heavy atom. The Morgan fingerprint density at radius 2 is 2.00 bits per heavy atom. The van der Waals surface area contributed by atoms with Crippen LogP contribution in [0, 0.1) is 6.57 Å². The molecule has 0 spiro atoms. The van der Waals surface area contributed by atoms with Crippen LogP contribution in [0.4, 0.5) is 0 Å². The van der Waals surface area contributed by atoms with Crippen molar-refractivity contribution in [3.8, 4) is 0 Å². The van der Waals surface area contributed by atoms with E-state index in [1.54, 1.807) is 0 Å². The predicted octanol–water partition coefficient (Wildman–Crippen LogP) is 2.75.